The molecule has 1 aromatic heterocycles. The maximum Gasteiger partial charge on any atom is 0.241 e. The molecule has 2 N–H and O–H groups in total. The SMILES string of the molecule is O=S(=O)(NCCNC/C=C(/c1ccccc1)c1ccc(-c2ccccc2)cc1)c1cccc2cnccc12. The van der Waals surface area contributed by atoms with Crippen LogP contribution in [0, 0.1) is 0 Å². The van der Waals surface area contributed by atoms with Crippen molar-refractivity contribution in [3.8, 4) is 11.1 Å². The van der Waals surface area contributed by atoms with Crippen LogP contribution in [0.5, 0.6) is 0 Å². The molecule has 0 fully saturated rings. The lowest BCUT2D eigenvalue weighted by Gasteiger charge is -2.12. The van der Waals surface area contributed by atoms with E-state index in [4.69, 9.17) is 0 Å². The van der Waals surface area contributed by atoms with Gasteiger partial charge in [-0.1, -0.05) is 103 Å². The average molecular weight is 520 g/mol. The van der Waals surface area contributed by atoms with Crippen molar-refractivity contribution >= 4 is 26.4 Å². The molecule has 6 heteroatoms. The van der Waals surface area contributed by atoms with E-state index in [1.165, 1.54) is 11.1 Å². The summed E-state index contributed by atoms with van der Waals surface area (Å²) < 4.78 is 28.5. The minimum atomic E-state index is -3.64. The highest BCUT2D eigenvalue weighted by Crippen LogP contribution is 2.26. The molecular weight excluding hydrogens is 490 g/mol. The number of sulfonamides is 1. The van der Waals surface area contributed by atoms with Gasteiger partial charge in [-0.05, 0) is 40.0 Å². The van der Waals surface area contributed by atoms with Crippen LogP contribution in [0.1, 0.15) is 11.1 Å². The highest BCUT2D eigenvalue weighted by Gasteiger charge is 2.16. The number of nitrogens with zero attached hydrogens (tertiary/aromatic N) is 1. The van der Waals surface area contributed by atoms with Crippen molar-refractivity contribution < 1.29 is 8.42 Å². The van der Waals surface area contributed by atoms with E-state index in [0.717, 1.165) is 22.1 Å². The summed E-state index contributed by atoms with van der Waals surface area (Å²) >= 11 is 0. The molecule has 0 bridgehead atoms. The van der Waals surface area contributed by atoms with Gasteiger partial charge in [0.25, 0.3) is 0 Å². The van der Waals surface area contributed by atoms with Crippen molar-refractivity contribution in [1.29, 1.82) is 0 Å². The van der Waals surface area contributed by atoms with Gasteiger partial charge in [0.15, 0.2) is 0 Å². The van der Waals surface area contributed by atoms with Crippen LogP contribution in [-0.2, 0) is 10.0 Å². The number of nitrogens with one attached hydrogen (secondary N) is 2. The summed E-state index contributed by atoms with van der Waals surface area (Å²) in [5.74, 6) is 0. The fraction of sp³-hybridized carbons (Fsp3) is 0.0938. The molecule has 0 aliphatic rings. The standard InChI is InChI=1S/C32H29N3O2S/c36-38(37,32-13-7-12-29-24-34-21-19-31(29)32)35-23-22-33-20-18-30(27-10-5-2-6-11-27)28-16-14-26(15-17-28)25-8-3-1-4-9-25/h1-19,21,24,33,35H,20,22-23H2/b30-18-. The smallest absolute Gasteiger partial charge is 0.241 e. The summed E-state index contributed by atoms with van der Waals surface area (Å²) in [6.07, 6.45) is 5.43. The lowest BCUT2D eigenvalue weighted by molar-refractivity contribution is 0.579. The van der Waals surface area contributed by atoms with Gasteiger partial charge in [-0.3, -0.25) is 4.98 Å². The van der Waals surface area contributed by atoms with E-state index in [-0.39, 0.29) is 11.4 Å². The molecule has 0 unspecified atom stereocenters. The molecule has 38 heavy (non-hydrogen) atoms. The summed E-state index contributed by atoms with van der Waals surface area (Å²) in [5.41, 5.74) is 5.75. The Morgan fingerprint density at radius 3 is 2.16 bits per heavy atom. The Labute approximate surface area is 223 Å². The number of benzene rings is 4. The Balaban J connectivity index is 1.24. The van der Waals surface area contributed by atoms with E-state index in [9.17, 15) is 8.42 Å². The van der Waals surface area contributed by atoms with E-state index in [0.29, 0.717) is 18.5 Å². The van der Waals surface area contributed by atoms with Gasteiger partial charge < -0.3 is 5.32 Å². The molecule has 5 rings (SSSR count). The number of hydrogen-bond acceptors (Lipinski definition) is 4. The van der Waals surface area contributed by atoms with Crippen LogP contribution in [0.25, 0.3) is 27.5 Å². The van der Waals surface area contributed by atoms with E-state index >= 15 is 0 Å². The van der Waals surface area contributed by atoms with Gasteiger partial charge in [0.1, 0.15) is 0 Å². The topological polar surface area (TPSA) is 71.1 Å². The molecule has 0 amide bonds. The average Bonchev–Trinajstić information content (AvgIpc) is 2.97. The normalized spacial score (nSPS) is 12.1. The number of aromatic nitrogens is 1. The second-order valence-corrected chi connectivity index (χ2v) is 10.6. The van der Waals surface area contributed by atoms with Crippen LogP contribution in [0.2, 0.25) is 0 Å². The molecule has 0 radical (unpaired) electrons. The van der Waals surface area contributed by atoms with Gasteiger partial charge in [-0.15, -0.1) is 0 Å². The second kappa shape index (κ2) is 12.0. The van der Waals surface area contributed by atoms with Gasteiger partial charge >= 0.3 is 0 Å². The third-order valence-electron chi connectivity index (χ3n) is 6.36. The Morgan fingerprint density at radius 1 is 0.711 bits per heavy atom. The van der Waals surface area contributed by atoms with Gasteiger partial charge in [0, 0.05) is 42.8 Å². The first-order valence-corrected chi connectivity index (χ1v) is 14.0. The van der Waals surface area contributed by atoms with Crippen LogP contribution >= 0.6 is 0 Å². The first kappa shape index (κ1) is 25.5. The van der Waals surface area contributed by atoms with Crippen molar-refractivity contribution in [2.24, 2.45) is 0 Å². The van der Waals surface area contributed by atoms with Crippen LogP contribution < -0.4 is 10.0 Å². The summed E-state index contributed by atoms with van der Waals surface area (Å²) in [6.45, 7) is 1.38. The zero-order chi connectivity index (χ0) is 26.2. The van der Waals surface area contributed by atoms with Crippen molar-refractivity contribution in [3.63, 3.8) is 0 Å². The molecule has 190 valence electrons. The molecule has 5 nitrogen and oxygen atoms in total. The van der Waals surface area contributed by atoms with Crippen molar-refractivity contribution in [2.45, 2.75) is 4.90 Å². The number of pyridine rings is 1. The molecular formula is C32H29N3O2S. The number of fused-ring (bicyclic) bond motifs is 1. The Bertz CT molecular complexity index is 1630. The fourth-order valence-corrected chi connectivity index (χ4v) is 5.71. The number of rotatable bonds is 10. The summed E-state index contributed by atoms with van der Waals surface area (Å²) in [6, 6.07) is 36.1. The van der Waals surface area contributed by atoms with Gasteiger partial charge in [-0.2, -0.15) is 0 Å². The Hall–Kier alpha value is -4.10. The van der Waals surface area contributed by atoms with E-state index < -0.39 is 10.0 Å². The highest BCUT2D eigenvalue weighted by molar-refractivity contribution is 7.89. The molecule has 1 heterocycles. The molecule has 5 aromatic rings. The first-order chi connectivity index (χ1) is 18.6. The third-order valence-corrected chi connectivity index (χ3v) is 7.88. The largest absolute Gasteiger partial charge is 0.312 e. The highest BCUT2D eigenvalue weighted by atomic mass is 32.2. The van der Waals surface area contributed by atoms with Crippen LogP contribution in [0.15, 0.2) is 133 Å². The van der Waals surface area contributed by atoms with Gasteiger partial charge in [0.05, 0.1) is 4.90 Å². The minimum absolute atomic E-state index is 0.266. The molecule has 0 saturated carbocycles. The molecule has 4 aromatic carbocycles. The van der Waals surface area contributed by atoms with Crippen LogP contribution in [0.4, 0.5) is 0 Å². The van der Waals surface area contributed by atoms with E-state index in [1.54, 1.807) is 30.6 Å². The molecule has 0 spiro atoms. The predicted octanol–water partition coefficient (Wildman–Crippen LogP) is 5.90. The van der Waals surface area contributed by atoms with Crippen LogP contribution in [-0.4, -0.2) is 33.0 Å². The van der Waals surface area contributed by atoms with Crippen LogP contribution in [0.3, 0.4) is 0 Å². The zero-order valence-corrected chi connectivity index (χ0v) is 21.7. The monoisotopic (exact) mass is 519 g/mol. The summed E-state index contributed by atoms with van der Waals surface area (Å²) in [7, 11) is -3.64. The lowest BCUT2D eigenvalue weighted by atomic mass is 9.95. The molecule has 0 atom stereocenters. The summed E-state index contributed by atoms with van der Waals surface area (Å²) in [5, 5.41) is 4.80. The molecule has 0 aliphatic heterocycles. The Kier molecular flexibility index (Phi) is 8.04. The van der Waals surface area contributed by atoms with Crippen molar-refractivity contribution in [3.05, 3.63) is 139 Å². The minimum Gasteiger partial charge on any atom is -0.312 e. The Morgan fingerprint density at radius 2 is 1.39 bits per heavy atom. The molecule has 0 aliphatic carbocycles. The third kappa shape index (κ3) is 6.06. The van der Waals surface area contributed by atoms with Gasteiger partial charge in [-0.25, -0.2) is 13.1 Å². The maximum atomic E-state index is 12.9. The van der Waals surface area contributed by atoms with Crippen molar-refractivity contribution in [2.75, 3.05) is 19.6 Å². The lowest BCUT2D eigenvalue weighted by Crippen LogP contribution is -2.32. The second-order valence-electron chi connectivity index (χ2n) is 8.88. The quantitative estimate of drug-likeness (QED) is 0.225. The predicted molar refractivity (Wildman–Crippen MR) is 155 cm³/mol. The molecule has 0 saturated heterocycles. The first-order valence-electron chi connectivity index (χ1n) is 12.6. The number of hydrogen-bond donors (Lipinski definition) is 2. The van der Waals surface area contributed by atoms with E-state index in [2.05, 4.69) is 69.6 Å². The van der Waals surface area contributed by atoms with Crippen molar-refractivity contribution in [1.82, 2.24) is 15.0 Å². The van der Waals surface area contributed by atoms with Gasteiger partial charge in [0.2, 0.25) is 10.0 Å². The summed E-state index contributed by atoms with van der Waals surface area (Å²) in [4.78, 5) is 4.34. The zero-order valence-electron chi connectivity index (χ0n) is 20.9. The van der Waals surface area contributed by atoms with E-state index in [1.807, 2.05) is 42.5 Å². The fourth-order valence-electron chi connectivity index (χ4n) is 4.45. The maximum absolute atomic E-state index is 12.9.